The van der Waals surface area contributed by atoms with Crippen molar-refractivity contribution in [2.24, 2.45) is 5.92 Å². The molecule has 0 aromatic rings. The smallest absolute Gasteiger partial charge is 0.226 e. The maximum Gasteiger partial charge on any atom is 0.226 e. The maximum atomic E-state index is 12.8. The van der Waals surface area contributed by atoms with Gasteiger partial charge in [0.1, 0.15) is 0 Å². The number of nitrogens with zero attached hydrogens (tertiary/aromatic N) is 2. The van der Waals surface area contributed by atoms with E-state index in [0.717, 1.165) is 25.7 Å². The molecule has 0 aromatic carbocycles. The lowest BCUT2D eigenvalue weighted by molar-refractivity contribution is -0.140. The molecule has 3 heterocycles. The molecule has 21 heavy (non-hydrogen) atoms. The fourth-order valence-electron chi connectivity index (χ4n) is 4.12. The zero-order chi connectivity index (χ0) is 15.2. The number of piperidine rings is 2. The van der Waals surface area contributed by atoms with Gasteiger partial charge in [0.25, 0.3) is 0 Å². The van der Waals surface area contributed by atoms with Gasteiger partial charge in [-0.25, -0.2) is 12.7 Å². The van der Waals surface area contributed by atoms with Crippen LogP contribution in [0.25, 0.3) is 0 Å². The van der Waals surface area contributed by atoms with Crippen LogP contribution in [0.15, 0.2) is 12.2 Å². The summed E-state index contributed by atoms with van der Waals surface area (Å²) in [5.74, 6) is 0.251. The summed E-state index contributed by atoms with van der Waals surface area (Å²) in [6, 6.07) is 0.688. The van der Waals surface area contributed by atoms with Crippen LogP contribution in [0, 0.1) is 5.92 Å². The number of rotatable bonds is 2. The highest BCUT2D eigenvalue weighted by Crippen LogP contribution is 2.39. The first-order valence-electron chi connectivity index (χ1n) is 7.80. The molecule has 0 radical (unpaired) electrons. The van der Waals surface area contributed by atoms with E-state index in [1.807, 2.05) is 0 Å². The van der Waals surface area contributed by atoms with Crippen LogP contribution in [-0.2, 0) is 14.8 Å². The minimum atomic E-state index is -3.12. The van der Waals surface area contributed by atoms with Gasteiger partial charge in [-0.3, -0.25) is 4.79 Å². The summed E-state index contributed by atoms with van der Waals surface area (Å²) in [5.41, 5.74) is 1.28. The first-order valence-corrected chi connectivity index (χ1v) is 9.65. The van der Waals surface area contributed by atoms with Gasteiger partial charge in [-0.2, -0.15) is 0 Å². The Bertz CT molecular complexity index is 533. The van der Waals surface area contributed by atoms with E-state index in [1.54, 1.807) is 0 Å². The Morgan fingerprint density at radius 3 is 2.10 bits per heavy atom. The molecule has 3 saturated heterocycles. The predicted octanol–water partition coefficient (Wildman–Crippen LogP) is 1.37. The minimum Gasteiger partial charge on any atom is -0.336 e. The zero-order valence-corrected chi connectivity index (χ0v) is 13.4. The van der Waals surface area contributed by atoms with Crippen molar-refractivity contribution in [1.29, 1.82) is 0 Å². The third-order valence-electron chi connectivity index (χ3n) is 5.20. The first-order chi connectivity index (χ1) is 9.86. The Morgan fingerprint density at radius 1 is 1.10 bits per heavy atom. The minimum absolute atomic E-state index is 0.00235. The zero-order valence-electron chi connectivity index (χ0n) is 12.6. The van der Waals surface area contributed by atoms with Crippen LogP contribution in [0.3, 0.4) is 0 Å². The summed E-state index contributed by atoms with van der Waals surface area (Å²) in [6.45, 7) is 5.04. The van der Waals surface area contributed by atoms with E-state index in [0.29, 0.717) is 38.0 Å². The fourth-order valence-corrected chi connectivity index (χ4v) is 4.99. The SMILES string of the molecule is C=C1CC2CCC(C1)N2C(=O)C1CCN(S(C)(=O)=O)CC1. The fraction of sp³-hybridized carbons (Fsp3) is 0.800. The van der Waals surface area contributed by atoms with Crippen LogP contribution in [0.4, 0.5) is 0 Å². The Hall–Kier alpha value is -0.880. The summed E-state index contributed by atoms with van der Waals surface area (Å²) in [5, 5.41) is 0. The van der Waals surface area contributed by atoms with Crippen molar-refractivity contribution in [3.05, 3.63) is 12.2 Å². The molecule has 118 valence electrons. The molecule has 2 bridgehead atoms. The van der Waals surface area contributed by atoms with Crippen LogP contribution in [-0.4, -0.2) is 55.0 Å². The lowest BCUT2D eigenvalue weighted by atomic mass is 9.92. The van der Waals surface area contributed by atoms with Crippen LogP contribution < -0.4 is 0 Å². The van der Waals surface area contributed by atoms with E-state index in [9.17, 15) is 13.2 Å². The summed E-state index contributed by atoms with van der Waals surface area (Å²) in [4.78, 5) is 14.9. The lowest BCUT2D eigenvalue weighted by Crippen LogP contribution is -2.50. The van der Waals surface area contributed by atoms with E-state index >= 15 is 0 Å². The van der Waals surface area contributed by atoms with Gasteiger partial charge in [0.2, 0.25) is 15.9 Å². The first kappa shape index (κ1) is 15.0. The topological polar surface area (TPSA) is 57.7 Å². The Balaban J connectivity index is 1.64. The van der Waals surface area contributed by atoms with E-state index in [4.69, 9.17) is 0 Å². The molecule has 2 unspecified atom stereocenters. The Labute approximate surface area is 127 Å². The molecular weight excluding hydrogens is 288 g/mol. The number of carbonyl (C=O) groups excluding carboxylic acids is 1. The van der Waals surface area contributed by atoms with Gasteiger partial charge in [-0.05, 0) is 38.5 Å². The van der Waals surface area contributed by atoms with Crippen molar-refractivity contribution in [3.8, 4) is 0 Å². The summed E-state index contributed by atoms with van der Waals surface area (Å²) in [6.07, 6.45) is 6.64. The maximum absolute atomic E-state index is 12.8. The average Bonchev–Trinajstić information content (AvgIpc) is 2.69. The number of sulfonamides is 1. The van der Waals surface area contributed by atoms with Crippen molar-refractivity contribution in [1.82, 2.24) is 9.21 Å². The van der Waals surface area contributed by atoms with Crippen molar-refractivity contribution in [2.45, 2.75) is 50.6 Å². The van der Waals surface area contributed by atoms with Crippen molar-refractivity contribution in [3.63, 3.8) is 0 Å². The van der Waals surface area contributed by atoms with E-state index in [-0.39, 0.29) is 11.8 Å². The van der Waals surface area contributed by atoms with Crippen LogP contribution in [0.1, 0.15) is 38.5 Å². The monoisotopic (exact) mass is 312 g/mol. The highest BCUT2D eigenvalue weighted by atomic mass is 32.2. The summed E-state index contributed by atoms with van der Waals surface area (Å²) >= 11 is 0. The van der Waals surface area contributed by atoms with Gasteiger partial charge in [0, 0.05) is 31.1 Å². The number of carbonyl (C=O) groups is 1. The number of hydrogen-bond donors (Lipinski definition) is 0. The van der Waals surface area contributed by atoms with Gasteiger partial charge < -0.3 is 4.90 Å². The van der Waals surface area contributed by atoms with Crippen molar-refractivity contribution < 1.29 is 13.2 Å². The number of fused-ring (bicyclic) bond motifs is 2. The van der Waals surface area contributed by atoms with E-state index in [2.05, 4.69) is 11.5 Å². The van der Waals surface area contributed by atoms with E-state index < -0.39 is 10.0 Å². The molecule has 5 nitrogen and oxygen atoms in total. The molecule has 3 aliphatic rings. The van der Waals surface area contributed by atoms with Gasteiger partial charge in [-0.1, -0.05) is 12.2 Å². The lowest BCUT2D eigenvalue weighted by Gasteiger charge is -2.39. The van der Waals surface area contributed by atoms with Crippen LogP contribution >= 0.6 is 0 Å². The molecule has 1 amide bonds. The largest absolute Gasteiger partial charge is 0.336 e. The van der Waals surface area contributed by atoms with E-state index in [1.165, 1.54) is 16.1 Å². The molecule has 0 N–H and O–H groups in total. The van der Waals surface area contributed by atoms with Gasteiger partial charge >= 0.3 is 0 Å². The molecule has 6 heteroatoms. The Kier molecular flexibility index (Phi) is 3.86. The normalized spacial score (nSPS) is 31.7. The molecule has 3 aliphatic heterocycles. The highest BCUT2D eigenvalue weighted by molar-refractivity contribution is 7.88. The van der Waals surface area contributed by atoms with Gasteiger partial charge in [0.05, 0.1) is 6.26 Å². The van der Waals surface area contributed by atoms with Gasteiger partial charge in [0.15, 0.2) is 0 Å². The average molecular weight is 312 g/mol. The summed E-state index contributed by atoms with van der Waals surface area (Å²) < 4.78 is 24.6. The standard InChI is InChI=1S/C15H24N2O3S/c1-11-9-13-3-4-14(10-11)17(13)15(18)12-5-7-16(8-6-12)21(2,19)20/h12-14H,1,3-10H2,2H3. The Morgan fingerprint density at radius 2 is 1.62 bits per heavy atom. The second-order valence-corrected chi connectivity index (χ2v) is 8.71. The van der Waals surface area contributed by atoms with Gasteiger partial charge in [-0.15, -0.1) is 0 Å². The quantitative estimate of drug-likeness (QED) is 0.724. The predicted molar refractivity (Wildman–Crippen MR) is 81.2 cm³/mol. The third kappa shape index (κ3) is 2.88. The second-order valence-electron chi connectivity index (χ2n) is 6.73. The molecule has 0 aromatic heterocycles. The molecule has 0 spiro atoms. The summed E-state index contributed by atoms with van der Waals surface area (Å²) in [7, 11) is -3.12. The van der Waals surface area contributed by atoms with Crippen molar-refractivity contribution >= 4 is 15.9 Å². The third-order valence-corrected chi connectivity index (χ3v) is 6.50. The molecule has 2 atom stereocenters. The molecular formula is C15H24N2O3S. The number of amides is 1. The van der Waals surface area contributed by atoms with Crippen LogP contribution in [0.5, 0.6) is 0 Å². The number of hydrogen-bond acceptors (Lipinski definition) is 3. The molecule has 3 fully saturated rings. The highest BCUT2D eigenvalue weighted by Gasteiger charge is 2.43. The van der Waals surface area contributed by atoms with Crippen LogP contribution in [0.2, 0.25) is 0 Å². The molecule has 3 rings (SSSR count). The molecule has 0 aliphatic carbocycles. The molecule has 0 saturated carbocycles. The second kappa shape index (κ2) is 5.39. The van der Waals surface area contributed by atoms with Crippen molar-refractivity contribution in [2.75, 3.05) is 19.3 Å².